The van der Waals surface area contributed by atoms with Gasteiger partial charge in [-0.1, -0.05) is 41.4 Å². The van der Waals surface area contributed by atoms with E-state index in [0.717, 1.165) is 15.4 Å². The number of halogens is 2. The quantitative estimate of drug-likeness (QED) is 0.127. The predicted octanol–water partition coefficient (Wildman–Crippen LogP) is 6.36. The molecule has 1 amide bonds. The fraction of sp³-hybridized carbons (Fsp3) is 0.188. The number of amides is 1. The Kier molecular flexibility index (Phi) is 11.3. The number of hydrogen-bond donors (Lipinski definition) is 1. The molecule has 0 heterocycles. The molecule has 13 heteroatoms. The minimum atomic E-state index is -4.19. The molecule has 45 heavy (non-hydrogen) atoms. The van der Waals surface area contributed by atoms with E-state index in [1.54, 1.807) is 42.5 Å². The highest BCUT2D eigenvalue weighted by Gasteiger charge is 2.29. The van der Waals surface area contributed by atoms with Crippen LogP contribution in [0.15, 0.2) is 93.3 Å². The summed E-state index contributed by atoms with van der Waals surface area (Å²) in [6.45, 7) is 1.56. The summed E-state index contributed by atoms with van der Waals surface area (Å²) in [4.78, 5) is 13.1. The van der Waals surface area contributed by atoms with Crippen LogP contribution in [-0.4, -0.2) is 48.4 Å². The Balaban J connectivity index is 1.53. The summed E-state index contributed by atoms with van der Waals surface area (Å²) >= 11 is 9.47. The van der Waals surface area contributed by atoms with Gasteiger partial charge in [-0.25, -0.2) is 13.8 Å². The first-order valence-electron chi connectivity index (χ1n) is 13.4. The first-order chi connectivity index (χ1) is 21.5. The van der Waals surface area contributed by atoms with Crippen molar-refractivity contribution in [2.45, 2.75) is 18.4 Å². The minimum Gasteiger partial charge on any atom is -0.497 e. The van der Waals surface area contributed by atoms with E-state index in [1.165, 1.54) is 51.8 Å². The molecule has 0 fully saturated rings. The maximum absolute atomic E-state index is 13.8. The fourth-order valence-electron chi connectivity index (χ4n) is 4.16. The van der Waals surface area contributed by atoms with Gasteiger partial charge >= 0.3 is 0 Å². The molecule has 0 aliphatic heterocycles. The Labute approximate surface area is 275 Å². The van der Waals surface area contributed by atoms with Gasteiger partial charge in [0, 0.05) is 11.1 Å². The van der Waals surface area contributed by atoms with Crippen LogP contribution in [0.2, 0.25) is 5.02 Å². The first kappa shape index (κ1) is 33.6. The number of carbonyl (C=O) groups is 1. The number of nitrogens with one attached hydrogen (secondary N) is 1. The Morgan fingerprint density at radius 3 is 2.27 bits per heavy atom. The molecule has 4 aromatic carbocycles. The molecule has 10 nitrogen and oxygen atoms in total. The van der Waals surface area contributed by atoms with Crippen LogP contribution in [-0.2, 0) is 21.4 Å². The number of anilines is 1. The molecule has 0 aliphatic carbocycles. The first-order valence-corrected chi connectivity index (χ1v) is 16.0. The SMILES string of the molecule is COc1ccc(N(CC(=O)N/N=C\c2cc(Br)c(OCc3ccc(Cl)cc3)c(OC)c2)S(=O)(=O)c2ccc(C)cc2)c(OC)c1. The van der Waals surface area contributed by atoms with Gasteiger partial charge in [-0.2, -0.15) is 5.10 Å². The molecule has 0 saturated carbocycles. The van der Waals surface area contributed by atoms with Crippen LogP contribution >= 0.6 is 27.5 Å². The van der Waals surface area contributed by atoms with Gasteiger partial charge < -0.3 is 18.9 Å². The number of methoxy groups -OCH3 is 3. The normalized spacial score (nSPS) is 11.2. The van der Waals surface area contributed by atoms with E-state index >= 15 is 0 Å². The van der Waals surface area contributed by atoms with Crippen molar-refractivity contribution < 1.29 is 32.2 Å². The van der Waals surface area contributed by atoms with Crippen molar-refractivity contribution in [1.29, 1.82) is 0 Å². The number of hydrogen-bond acceptors (Lipinski definition) is 8. The van der Waals surface area contributed by atoms with E-state index in [2.05, 4.69) is 26.5 Å². The van der Waals surface area contributed by atoms with Crippen LogP contribution in [0.1, 0.15) is 16.7 Å². The second kappa shape index (κ2) is 15.2. The van der Waals surface area contributed by atoms with Crippen LogP contribution in [0.5, 0.6) is 23.0 Å². The highest BCUT2D eigenvalue weighted by atomic mass is 79.9. The number of hydrazone groups is 1. The summed E-state index contributed by atoms with van der Waals surface area (Å²) in [6, 6.07) is 21.7. The summed E-state index contributed by atoms with van der Waals surface area (Å²) in [5, 5.41) is 4.68. The van der Waals surface area contributed by atoms with E-state index in [9.17, 15) is 13.2 Å². The van der Waals surface area contributed by atoms with Crippen molar-refractivity contribution in [3.05, 3.63) is 105 Å². The summed E-state index contributed by atoms with van der Waals surface area (Å²) < 4.78 is 51.3. The number of aryl methyl sites for hydroxylation is 1. The van der Waals surface area contributed by atoms with Crippen molar-refractivity contribution >= 4 is 55.4 Å². The molecule has 0 spiro atoms. The lowest BCUT2D eigenvalue weighted by Crippen LogP contribution is -2.39. The molecule has 4 aromatic rings. The van der Waals surface area contributed by atoms with Crippen LogP contribution < -0.4 is 28.7 Å². The van der Waals surface area contributed by atoms with Crippen molar-refractivity contribution in [2.75, 3.05) is 32.2 Å². The number of carbonyl (C=O) groups excluding carboxylic acids is 1. The van der Waals surface area contributed by atoms with Gasteiger partial charge in [0.2, 0.25) is 0 Å². The Hall–Kier alpha value is -4.26. The lowest BCUT2D eigenvalue weighted by Gasteiger charge is -2.25. The fourth-order valence-corrected chi connectivity index (χ4v) is 6.29. The van der Waals surface area contributed by atoms with Crippen LogP contribution in [0.3, 0.4) is 0 Å². The summed E-state index contributed by atoms with van der Waals surface area (Å²) in [7, 11) is 0.210. The average molecular weight is 717 g/mol. The average Bonchev–Trinajstić information content (AvgIpc) is 3.03. The smallest absolute Gasteiger partial charge is 0.264 e. The topological polar surface area (TPSA) is 116 Å². The third-order valence-electron chi connectivity index (χ3n) is 6.50. The lowest BCUT2D eigenvalue weighted by molar-refractivity contribution is -0.119. The van der Waals surface area contributed by atoms with Crippen LogP contribution in [0.25, 0.3) is 0 Å². The van der Waals surface area contributed by atoms with Gasteiger partial charge in [0.1, 0.15) is 24.7 Å². The van der Waals surface area contributed by atoms with Gasteiger partial charge in [0.05, 0.1) is 42.6 Å². The van der Waals surface area contributed by atoms with Gasteiger partial charge in [0.15, 0.2) is 11.5 Å². The number of ether oxygens (including phenoxy) is 4. The van der Waals surface area contributed by atoms with Crippen molar-refractivity contribution in [3.63, 3.8) is 0 Å². The van der Waals surface area contributed by atoms with Crippen LogP contribution in [0, 0.1) is 6.92 Å². The largest absolute Gasteiger partial charge is 0.497 e. The molecule has 0 radical (unpaired) electrons. The van der Waals surface area contributed by atoms with Gasteiger partial charge in [-0.05, 0) is 82.5 Å². The van der Waals surface area contributed by atoms with Crippen molar-refractivity contribution in [3.8, 4) is 23.0 Å². The molecule has 0 atom stereocenters. The maximum atomic E-state index is 13.8. The van der Waals surface area contributed by atoms with E-state index in [-0.39, 0.29) is 22.9 Å². The number of sulfonamides is 1. The molecule has 0 unspecified atom stereocenters. The zero-order valence-electron chi connectivity index (χ0n) is 24.9. The molecule has 0 aromatic heterocycles. The Bertz CT molecular complexity index is 1780. The molecule has 0 bridgehead atoms. The zero-order valence-corrected chi connectivity index (χ0v) is 28.1. The van der Waals surface area contributed by atoms with Crippen LogP contribution in [0.4, 0.5) is 5.69 Å². The predicted molar refractivity (Wildman–Crippen MR) is 177 cm³/mol. The Morgan fingerprint density at radius 1 is 0.933 bits per heavy atom. The lowest BCUT2D eigenvalue weighted by atomic mass is 10.2. The number of nitrogens with zero attached hydrogens (tertiary/aromatic N) is 2. The highest BCUT2D eigenvalue weighted by molar-refractivity contribution is 9.10. The van der Waals surface area contributed by atoms with Crippen molar-refractivity contribution in [2.24, 2.45) is 5.10 Å². The third kappa shape index (κ3) is 8.47. The molecular formula is C32H31BrClN3O7S. The third-order valence-corrected chi connectivity index (χ3v) is 9.12. The summed E-state index contributed by atoms with van der Waals surface area (Å²) in [6.07, 6.45) is 1.40. The molecule has 236 valence electrons. The van der Waals surface area contributed by atoms with Gasteiger partial charge in [-0.3, -0.25) is 9.10 Å². The standard InChI is InChI=1S/C32H31BrClN3O7S/c1-21-5-12-26(13-6-21)45(39,40)37(28-14-11-25(41-2)17-29(28)42-3)19-31(38)36-35-18-23-15-27(33)32(30(16-23)43-4)44-20-22-7-9-24(34)10-8-22/h5-18H,19-20H2,1-4H3,(H,36,38)/b35-18-. The summed E-state index contributed by atoms with van der Waals surface area (Å²) in [5.74, 6) is 0.901. The monoisotopic (exact) mass is 715 g/mol. The zero-order chi connectivity index (χ0) is 32.6. The molecular weight excluding hydrogens is 686 g/mol. The number of benzene rings is 4. The maximum Gasteiger partial charge on any atom is 0.264 e. The highest BCUT2D eigenvalue weighted by Crippen LogP contribution is 2.37. The minimum absolute atomic E-state index is 0.0117. The van der Waals surface area contributed by atoms with E-state index < -0.39 is 22.5 Å². The van der Waals surface area contributed by atoms with E-state index in [4.69, 9.17) is 30.5 Å². The second-order valence-electron chi connectivity index (χ2n) is 9.60. The van der Waals surface area contributed by atoms with Gasteiger partial charge in [0.25, 0.3) is 15.9 Å². The Morgan fingerprint density at radius 2 is 1.62 bits per heavy atom. The second-order valence-corrected chi connectivity index (χ2v) is 12.8. The van der Waals surface area contributed by atoms with E-state index in [1.807, 2.05) is 19.1 Å². The van der Waals surface area contributed by atoms with Crippen molar-refractivity contribution in [1.82, 2.24) is 5.43 Å². The molecule has 0 aliphatic rings. The summed E-state index contributed by atoms with van der Waals surface area (Å²) in [5.41, 5.74) is 4.95. The van der Waals surface area contributed by atoms with Gasteiger partial charge in [-0.15, -0.1) is 0 Å². The molecule has 1 N–H and O–H groups in total. The number of rotatable bonds is 13. The molecule has 0 saturated heterocycles. The van der Waals surface area contributed by atoms with E-state index in [0.29, 0.717) is 32.3 Å². The molecule has 4 rings (SSSR count).